The van der Waals surface area contributed by atoms with Gasteiger partial charge in [0.1, 0.15) is 11.9 Å². The number of ether oxygens (including phenoxy) is 1. The van der Waals surface area contributed by atoms with Crippen LogP contribution in [0.3, 0.4) is 0 Å². The molecule has 2 aliphatic rings. The molecular formula is C24H27FN4O3. The second kappa shape index (κ2) is 9.38. The lowest BCUT2D eigenvalue weighted by Crippen LogP contribution is -2.57. The monoisotopic (exact) mass is 438 g/mol. The van der Waals surface area contributed by atoms with Crippen LogP contribution in [0, 0.1) is 18.7 Å². The highest BCUT2D eigenvalue weighted by Gasteiger charge is 2.42. The topological polar surface area (TPSA) is 74.2 Å². The number of benzene rings is 2. The normalized spacial score (nSPS) is 21.1. The fourth-order valence-electron chi connectivity index (χ4n) is 4.15. The number of esters is 1. The lowest BCUT2D eigenvalue weighted by molar-refractivity contribution is -0.153. The number of halogens is 1. The molecule has 0 radical (unpaired) electrons. The first-order valence-electron chi connectivity index (χ1n) is 10.8. The highest BCUT2D eigenvalue weighted by Crippen LogP contribution is 2.31. The summed E-state index contributed by atoms with van der Waals surface area (Å²) >= 11 is 0. The molecule has 8 heteroatoms. The van der Waals surface area contributed by atoms with Crippen molar-refractivity contribution < 1.29 is 18.7 Å². The lowest BCUT2D eigenvalue weighted by atomic mass is 9.90. The average Bonchev–Trinajstić information content (AvgIpc) is 2.79. The molecule has 1 amide bonds. The van der Waals surface area contributed by atoms with E-state index >= 15 is 0 Å². The summed E-state index contributed by atoms with van der Waals surface area (Å²) in [5.74, 6) is -1.78. The van der Waals surface area contributed by atoms with Crippen LogP contribution >= 0.6 is 0 Å². The standard InChI is InChI=1S/C24H27FN4O3/c1-3-32-23(31)20-21(17-6-4-5-16(2)15-17)26-24(27-22(20)30)29-13-11-28(12-14-29)19-9-7-18(25)8-10-19/h4-10,15,20-21H,3,11-14H2,1-2H3,(H,26,27,30)/t20-,21-/m1/s1. The van der Waals surface area contributed by atoms with E-state index < -0.39 is 23.8 Å². The number of nitrogens with one attached hydrogen (secondary N) is 1. The molecular weight excluding hydrogens is 411 g/mol. The summed E-state index contributed by atoms with van der Waals surface area (Å²) in [7, 11) is 0. The number of piperazine rings is 1. The van der Waals surface area contributed by atoms with Gasteiger partial charge in [0.2, 0.25) is 11.9 Å². The van der Waals surface area contributed by atoms with E-state index in [1.54, 1.807) is 19.1 Å². The Hall–Kier alpha value is -3.42. The van der Waals surface area contributed by atoms with E-state index in [1.807, 2.05) is 36.1 Å². The summed E-state index contributed by atoms with van der Waals surface area (Å²) in [5, 5.41) is 2.82. The Kier molecular flexibility index (Phi) is 6.39. The molecule has 1 N–H and O–H groups in total. The predicted molar refractivity (Wildman–Crippen MR) is 120 cm³/mol. The minimum atomic E-state index is -1.03. The molecule has 168 valence electrons. The molecule has 4 rings (SSSR count). The molecule has 0 unspecified atom stereocenters. The molecule has 2 aromatic rings. The van der Waals surface area contributed by atoms with E-state index in [0.29, 0.717) is 32.1 Å². The van der Waals surface area contributed by atoms with Gasteiger partial charge >= 0.3 is 5.97 Å². The van der Waals surface area contributed by atoms with Gasteiger partial charge < -0.3 is 14.5 Å². The molecule has 2 aromatic carbocycles. The van der Waals surface area contributed by atoms with Crippen LogP contribution in [0.1, 0.15) is 24.1 Å². The van der Waals surface area contributed by atoms with E-state index in [9.17, 15) is 14.0 Å². The molecule has 32 heavy (non-hydrogen) atoms. The molecule has 0 aliphatic carbocycles. The largest absolute Gasteiger partial charge is 0.465 e. The number of carbonyl (C=O) groups excluding carboxylic acids is 2. The fourth-order valence-corrected chi connectivity index (χ4v) is 4.15. The molecule has 1 saturated heterocycles. The third-order valence-corrected chi connectivity index (χ3v) is 5.79. The Morgan fingerprint density at radius 1 is 1.12 bits per heavy atom. The second-order valence-corrected chi connectivity index (χ2v) is 7.98. The molecule has 2 heterocycles. The van der Waals surface area contributed by atoms with Crippen LogP contribution in [0.5, 0.6) is 0 Å². The SMILES string of the molecule is CCOC(=O)[C@H]1C(=O)NC(N2CCN(c3ccc(F)cc3)CC2)=N[C@@H]1c1cccc(C)c1. The van der Waals surface area contributed by atoms with Crippen molar-refractivity contribution >= 4 is 23.5 Å². The number of hydrogen-bond donors (Lipinski definition) is 1. The average molecular weight is 439 g/mol. The smallest absolute Gasteiger partial charge is 0.321 e. The second-order valence-electron chi connectivity index (χ2n) is 7.98. The maximum atomic E-state index is 13.2. The fraction of sp³-hybridized carbons (Fsp3) is 0.375. The maximum Gasteiger partial charge on any atom is 0.321 e. The summed E-state index contributed by atoms with van der Waals surface area (Å²) in [5.41, 5.74) is 2.79. The van der Waals surface area contributed by atoms with Crippen LogP contribution in [0.2, 0.25) is 0 Å². The number of anilines is 1. The van der Waals surface area contributed by atoms with Crippen LogP contribution in [0.15, 0.2) is 53.5 Å². The summed E-state index contributed by atoms with van der Waals surface area (Å²) in [6.45, 7) is 6.57. The van der Waals surface area contributed by atoms with Crippen LogP contribution in [0.4, 0.5) is 10.1 Å². The van der Waals surface area contributed by atoms with Crippen molar-refractivity contribution in [1.29, 1.82) is 0 Å². The minimum absolute atomic E-state index is 0.199. The predicted octanol–water partition coefficient (Wildman–Crippen LogP) is 2.66. The molecule has 2 atom stereocenters. The van der Waals surface area contributed by atoms with Crippen molar-refractivity contribution in [1.82, 2.24) is 10.2 Å². The Labute approximate surface area is 186 Å². The van der Waals surface area contributed by atoms with Crippen LogP contribution in [0.25, 0.3) is 0 Å². The summed E-state index contributed by atoms with van der Waals surface area (Å²) in [4.78, 5) is 34.6. The lowest BCUT2D eigenvalue weighted by Gasteiger charge is -2.39. The quantitative estimate of drug-likeness (QED) is 0.587. The summed E-state index contributed by atoms with van der Waals surface area (Å²) < 4.78 is 18.4. The number of carbonyl (C=O) groups is 2. The highest BCUT2D eigenvalue weighted by atomic mass is 19.1. The number of rotatable bonds is 4. The Morgan fingerprint density at radius 2 is 1.81 bits per heavy atom. The molecule has 1 fully saturated rings. The van der Waals surface area contributed by atoms with Gasteiger partial charge in [-0.05, 0) is 43.7 Å². The van der Waals surface area contributed by atoms with Gasteiger partial charge in [-0.2, -0.15) is 0 Å². The van der Waals surface area contributed by atoms with E-state index in [-0.39, 0.29) is 12.4 Å². The number of nitrogens with zero attached hydrogens (tertiary/aromatic N) is 3. The van der Waals surface area contributed by atoms with E-state index in [0.717, 1.165) is 16.8 Å². The zero-order valence-corrected chi connectivity index (χ0v) is 18.3. The van der Waals surface area contributed by atoms with Gasteiger partial charge in [0.25, 0.3) is 0 Å². The number of hydrogen-bond acceptors (Lipinski definition) is 6. The van der Waals surface area contributed by atoms with Gasteiger partial charge in [0.15, 0.2) is 5.92 Å². The number of aliphatic imine (C=N–C) groups is 1. The third kappa shape index (κ3) is 4.59. The first kappa shape index (κ1) is 21.8. The van der Waals surface area contributed by atoms with Gasteiger partial charge in [-0.1, -0.05) is 29.8 Å². The molecule has 7 nitrogen and oxygen atoms in total. The molecule has 0 aromatic heterocycles. The van der Waals surface area contributed by atoms with Gasteiger partial charge in [-0.3, -0.25) is 14.9 Å². The van der Waals surface area contributed by atoms with Gasteiger partial charge in [0, 0.05) is 31.9 Å². The Balaban J connectivity index is 1.56. The summed E-state index contributed by atoms with van der Waals surface area (Å²) in [6, 6.07) is 13.5. The van der Waals surface area contributed by atoms with Gasteiger partial charge in [0.05, 0.1) is 6.61 Å². The Bertz CT molecular complexity index is 1020. The highest BCUT2D eigenvalue weighted by molar-refractivity contribution is 6.08. The molecule has 0 bridgehead atoms. The molecule has 2 aliphatic heterocycles. The number of guanidine groups is 1. The van der Waals surface area contributed by atoms with Crippen molar-refractivity contribution in [3.63, 3.8) is 0 Å². The van der Waals surface area contributed by atoms with Gasteiger partial charge in [-0.25, -0.2) is 9.38 Å². The third-order valence-electron chi connectivity index (χ3n) is 5.79. The number of aryl methyl sites for hydroxylation is 1. The number of amides is 1. The zero-order valence-electron chi connectivity index (χ0n) is 18.3. The van der Waals surface area contributed by atoms with Crippen molar-refractivity contribution in [2.45, 2.75) is 19.9 Å². The van der Waals surface area contributed by atoms with E-state index in [2.05, 4.69) is 10.2 Å². The first-order chi connectivity index (χ1) is 15.5. The summed E-state index contributed by atoms with van der Waals surface area (Å²) in [6.07, 6.45) is 0. The maximum absolute atomic E-state index is 13.2. The van der Waals surface area contributed by atoms with Gasteiger partial charge in [-0.15, -0.1) is 0 Å². The van der Waals surface area contributed by atoms with Crippen molar-refractivity contribution in [2.24, 2.45) is 10.9 Å². The van der Waals surface area contributed by atoms with Crippen molar-refractivity contribution in [3.05, 3.63) is 65.5 Å². The molecule has 0 spiro atoms. The molecule has 0 saturated carbocycles. The van der Waals surface area contributed by atoms with E-state index in [1.165, 1.54) is 12.1 Å². The van der Waals surface area contributed by atoms with Crippen molar-refractivity contribution in [3.8, 4) is 0 Å². The van der Waals surface area contributed by atoms with Crippen LogP contribution in [-0.4, -0.2) is 55.5 Å². The van der Waals surface area contributed by atoms with E-state index in [4.69, 9.17) is 9.73 Å². The first-order valence-corrected chi connectivity index (χ1v) is 10.8. The van der Waals surface area contributed by atoms with Crippen LogP contribution < -0.4 is 10.2 Å². The zero-order chi connectivity index (χ0) is 22.7. The van der Waals surface area contributed by atoms with Crippen LogP contribution in [-0.2, 0) is 14.3 Å². The Morgan fingerprint density at radius 3 is 2.47 bits per heavy atom. The minimum Gasteiger partial charge on any atom is -0.465 e. The van der Waals surface area contributed by atoms with Crippen molar-refractivity contribution in [2.75, 3.05) is 37.7 Å².